The molecule has 4 nitrogen and oxygen atoms in total. The quantitative estimate of drug-likeness (QED) is 0.311. The largest absolute Gasteiger partial charge is 0.482 e. The van der Waals surface area contributed by atoms with Gasteiger partial charge in [0.05, 0.1) is 18.9 Å². The summed E-state index contributed by atoms with van der Waals surface area (Å²) in [5, 5.41) is 0.420. The van der Waals surface area contributed by atoms with E-state index in [-0.39, 0.29) is 5.97 Å². The Morgan fingerprint density at radius 3 is 2.11 bits per heavy atom. The molecule has 0 radical (unpaired) electrons. The fraction of sp³-hybridized carbons (Fsp3) is 0.571. The number of rotatable bonds is 7. The molecule has 0 saturated heterocycles. The van der Waals surface area contributed by atoms with Crippen LogP contribution in [0.15, 0.2) is 23.4 Å². The van der Waals surface area contributed by atoms with E-state index in [1.807, 2.05) is 32.8 Å². The van der Waals surface area contributed by atoms with E-state index < -0.39 is 0 Å². The summed E-state index contributed by atoms with van der Waals surface area (Å²) in [5.74, 6) is -0.290. The van der Waals surface area contributed by atoms with E-state index >= 15 is 0 Å². The summed E-state index contributed by atoms with van der Waals surface area (Å²) in [6.07, 6.45) is 4.13. The Balaban J connectivity index is 5.11. The Morgan fingerprint density at radius 1 is 1.11 bits per heavy atom. The van der Waals surface area contributed by atoms with Gasteiger partial charge in [0.25, 0.3) is 0 Å². The molecule has 0 bridgehead atoms. The highest BCUT2D eigenvalue weighted by molar-refractivity contribution is 7.80. The molecule has 0 aliphatic rings. The Labute approximate surface area is 121 Å². The second-order valence-corrected chi connectivity index (χ2v) is 4.30. The molecule has 0 aliphatic carbocycles. The molecule has 0 amide bonds. The van der Waals surface area contributed by atoms with Crippen LogP contribution >= 0.6 is 12.2 Å². The van der Waals surface area contributed by atoms with Crippen LogP contribution < -0.4 is 0 Å². The van der Waals surface area contributed by atoms with Crippen LogP contribution in [-0.2, 0) is 14.3 Å². The first-order valence-electron chi connectivity index (χ1n) is 6.40. The molecule has 108 valence electrons. The highest BCUT2D eigenvalue weighted by Gasteiger charge is 2.10. The zero-order valence-corrected chi connectivity index (χ0v) is 13.2. The van der Waals surface area contributed by atoms with Gasteiger partial charge in [-0.15, -0.1) is 0 Å². The average molecular weight is 285 g/mol. The van der Waals surface area contributed by atoms with Crippen molar-refractivity contribution in [2.75, 3.05) is 27.3 Å². The van der Waals surface area contributed by atoms with E-state index in [1.165, 1.54) is 0 Å². The Morgan fingerprint density at radius 2 is 1.68 bits per heavy atom. The molecule has 0 spiro atoms. The van der Waals surface area contributed by atoms with Crippen molar-refractivity contribution in [1.82, 2.24) is 4.90 Å². The van der Waals surface area contributed by atoms with Gasteiger partial charge in [-0.2, -0.15) is 0 Å². The predicted octanol–water partition coefficient (Wildman–Crippen LogP) is 2.70. The van der Waals surface area contributed by atoms with Gasteiger partial charge in [-0.05, 0) is 44.6 Å². The number of hydrogen-bond donors (Lipinski definition) is 0. The zero-order valence-electron chi connectivity index (χ0n) is 12.4. The van der Waals surface area contributed by atoms with Crippen LogP contribution in [0.2, 0.25) is 0 Å². The topological polar surface area (TPSA) is 38.8 Å². The maximum atomic E-state index is 11.7. The van der Waals surface area contributed by atoms with Crippen LogP contribution in [0.1, 0.15) is 27.2 Å². The van der Waals surface area contributed by atoms with E-state index in [1.54, 1.807) is 19.1 Å². The number of likely N-dealkylation sites (N-methyl/N-ethyl adjacent to an activating group) is 1. The molecule has 0 unspecified atom stereocenters. The first-order valence-corrected chi connectivity index (χ1v) is 6.81. The Bertz CT molecular complexity index is 373. The first kappa shape index (κ1) is 17.6. The number of carbonyl (C=O) groups excluding carboxylic acids is 1. The van der Waals surface area contributed by atoms with Crippen LogP contribution in [0.3, 0.4) is 0 Å². The molecule has 0 fully saturated rings. The van der Waals surface area contributed by atoms with Crippen molar-refractivity contribution in [3.8, 4) is 0 Å². The summed E-state index contributed by atoms with van der Waals surface area (Å²) in [6, 6.07) is 0. The standard InChI is InChI=1S/C14H23NO3S/c1-6-11(13(16)17-7-2)9-10-12(15(4)5)14(19)18-8-3/h9-10H,6-8H2,1-5H3. The van der Waals surface area contributed by atoms with Crippen LogP contribution in [0, 0.1) is 0 Å². The molecular formula is C14H23NO3S. The zero-order chi connectivity index (χ0) is 14.8. The number of nitrogens with zero attached hydrogens (tertiary/aromatic N) is 1. The lowest BCUT2D eigenvalue weighted by Gasteiger charge is -2.17. The van der Waals surface area contributed by atoms with Gasteiger partial charge in [-0.3, -0.25) is 0 Å². The van der Waals surface area contributed by atoms with E-state index in [0.29, 0.717) is 30.3 Å². The fourth-order valence-corrected chi connectivity index (χ4v) is 1.71. The van der Waals surface area contributed by atoms with Gasteiger partial charge < -0.3 is 14.4 Å². The van der Waals surface area contributed by atoms with Crippen LogP contribution in [-0.4, -0.2) is 43.2 Å². The average Bonchev–Trinajstić information content (AvgIpc) is 2.34. The molecule has 0 aromatic heterocycles. The number of carbonyl (C=O) groups is 1. The summed E-state index contributed by atoms with van der Waals surface area (Å²) < 4.78 is 10.3. The van der Waals surface area contributed by atoms with Gasteiger partial charge in [-0.25, -0.2) is 4.79 Å². The van der Waals surface area contributed by atoms with Crippen molar-refractivity contribution in [2.45, 2.75) is 27.2 Å². The molecule has 0 aliphatic heterocycles. The third kappa shape index (κ3) is 6.38. The number of hydrogen-bond acceptors (Lipinski definition) is 5. The molecule has 0 aromatic carbocycles. The minimum atomic E-state index is -0.290. The molecule has 0 N–H and O–H groups in total. The van der Waals surface area contributed by atoms with E-state index in [4.69, 9.17) is 21.7 Å². The van der Waals surface area contributed by atoms with Crippen molar-refractivity contribution in [3.05, 3.63) is 23.4 Å². The van der Waals surface area contributed by atoms with Crippen molar-refractivity contribution >= 4 is 23.2 Å². The van der Waals surface area contributed by atoms with E-state index in [2.05, 4.69) is 0 Å². The number of thiocarbonyl (C=S) groups is 1. The molecule has 0 atom stereocenters. The van der Waals surface area contributed by atoms with Gasteiger partial charge in [-0.1, -0.05) is 6.92 Å². The molecule has 0 rings (SSSR count). The van der Waals surface area contributed by atoms with Gasteiger partial charge in [0.2, 0.25) is 5.05 Å². The van der Waals surface area contributed by atoms with Gasteiger partial charge in [0.15, 0.2) is 0 Å². The molecule has 19 heavy (non-hydrogen) atoms. The molecule has 0 aromatic rings. The minimum absolute atomic E-state index is 0.290. The number of ether oxygens (including phenoxy) is 2. The fourth-order valence-electron chi connectivity index (χ4n) is 1.34. The Hall–Kier alpha value is -1.36. The first-order chi connectivity index (χ1) is 8.97. The van der Waals surface area contributed by atoms with Gasteiger partial charge in [0, 0.05) is 19.7 Å². The highest BCUT2D eigenvalue weighted by Crippen LogP contribution is 2.09. The lowest BCUT2D eigenvalue weighted by molar-refractivity contribution is -0.138. The summed E-state index contributed by atoms with van der Waals surface area (Å²) in [6.45, 7) is 6.47. The van der Waals surface area contributed by atoms with Crippen molar-refractivity contribution < 1.29 is 14.3 Å². The smallest absolute Gasteiger partial charge is 0.333 e. The monoisotopic (exact) mass is 285 g/mol. The predicted molar refractivity (Wildman–Crippen MR) is 81.0 cm³/mol. The number of allylic oxidation sites excluding steroid dienone is 2. The highest BCUT2D eigenvalue weighted by atomic mass is 32.1. The third-order valence-electron chi connectivity index (χ3n) is 2.33. The lowest BCUT2D eigenvalue weighted by atomic mass is 10.2. The summed E-state index contributed by atoms with van der Waals surface area (Å²) in [7, 11) is 3.75. The Kier molecular flexibility index (Phi) is 8.87. The van der Waals surface area contributed by atoms with Crippen molar-refractivity contribution in [1.29, 1.82) is 0 Å². The van der Waals surface area contributed by atoms with E-state index in [0.717, 1.165) is 5.70 Å². The van der Waals surface area contributed by atoms with Gasteiger partial charge >= 0.3 is 5.97 Å². The summed E-state index contributed by atoms with van der Waals surface area (Å²) in [4.78, 5) is 13.5. The summed E-state index contributed by atoms with van der Waals surface area (Å²) in [5.41, 5.74) is 1.37. The normalized spacial score (nSPS) is 12.1. The van der Waals surface area contributed by atoms with Crippen LogP contribution in [0.4, 0.5) is 0 Å². The lowest BCUT2D eigenvalue weighted by Crippen LogP contribution is -2.20. The van der Waals surface area contributed by atoms with Crippen molar-refractivity contribution in [2.24, 2.45) is 0 Å². The minimum Gasteiger partial charge on any atom is -0.482 e. The molecular weight excluding hydrogens is 262 g/mol. The molecule has 0 heterocycles. The molecule has 5 heteroatoms. The second kappa shape index (κ2) is 9.55. The number of esters is 1. The van der Waals surface area contributed by atoms with E-state index in [9.17, 15) is 4.79 Å². The summed E-state index contributed by atoms with van der Waals surface area (Å²) >= 11 is 5.18. The van der Waals surface area contributed by atoms with Gasteiger partial charge in [0.1, 0.15) is 0 Å². The van der Waals surface area contributed by atoms with Crippen LogP contribution in [0.25, 0.3) is 0 Å². The maximum Gasteiger partial charge on any atom is 0.333 e. The molecule has 0 saturated carbocycles. The third-order valence-corrected chi connectivity index (χ3v) is 2.65. The van der Waals surface area contributed by atoms with Crippen LogP contribution in [0.5, 0.6) is 0 Å². The van der Waals surface area contributed by atoms with Crippen molar-refractivity contribution in [3.63, 3.8) is 0 Å². The second-order valence-electron chi connectivity index (χ2n) is 3.93. The SMILES string of the molecule is CCOC(=O)C(=CC=C(C(=S)OCC)N(C)C)CC. The maximum absolute atomic E-state index is 11.7.